The summed E-state index contributed by atoms with van der Waals surface area (Å²) in [6.45, 7) is 5.08. The molecule has 2 heterocycles. The van der Waals surface area contributed by atoms with Crippen LogP contribution >= 0.6 is 11.8 Å². The highest BCUT2D eigenvalue weighted by atomic mass is 32.2. The molecule has 1 aliphatic rings. The van der Waals surface area contributed by atoms with Crippen molar-refractivity contribution in [3.05, 3.63) is 86.0 Å². The molecule has 0 unspecified atom stereocenters. The van der Waals surface area contributed by atoms with Gasteiger partial charge in [0, 0.05) is 29.0 Å². The van der Waals surface area contributed by atoms with E-state index in [0.29, 0.717) is 40.1 Å². The zero-order chi connectivity index (χ0) is 26.0. The molecule has 0 atom stereocenters. The van der Waals surface area contributed by atoms with Crippen LogP contribution in [0.1, 0.15) is 29.4 Å². The predicted octanol–water partition coefficient (Wildman–Crippen LogP) is 5.71. The van der Waals surface area contributed by atoms with Gasteiger partial charge in [-0.2, -0.15) is 0 Å². The molecule has 3 aromatic rings. The van der Waals surface area contributed by atoms with Crippen LogP contribution in [0.5, 0.6) is 0 Å². The smallest absolute Gasteiger partial charge is 0.294 e. The Labute approximate surface area is 211 Å². The lowest BCUT2D eigenvalue weighted by atomic mass is 10.0. The van der Waals surface area contributed by atoms with Crippen molar-refractivity contribution in [3.8, 4) is 11.3 Å². The minimum absolute atomic E-state index is 0.0105. The van der Waals surface area contributed by atoms with Gasteiger partial charge < -0.3 is 9.73 Å². The first-order valence-electron chi connectivity index (χ1n) is 11.2. The van der Waals surface area contributed by atoms with Crippen LogP contribution in [-0.4, -0.2) is 33.4 Å². The number of benzene rings is 2. The third-order valence-electron chi connectivity index (χ3n) is 5.84. The van der Waals surface area contributed by atoms with Crippen LogP contribution in [0.15, 0.2) is 57.9 Å². The standard InChI is InChI=1S/C26H23N3O6S/c1-4-17-5-7-19(8-6-17)27-24(30)14-28-25(31)23(36-26(28)32)13-20-9-10-22(35-20)18-11-15(2)16(3)21(12-18)29(33)34/h5-13H,4,14H2,1-3H3,(H,27,30)/b23-13+. The van der Waals surface area contributed by atoms with Crippen LogP contribution in [0, 0.1) is 24.0 Å². The molecule has 184 valence electrons. The number of carbonyl (C=O) groups is 3. The van der Waals surface area contributed by atoms with Gasteiger partial charge in [-0.15, -0.1) is 0 Å². The summed E-state index contributed by atoms with van der Waals surface area (Å²) in [6.07, 6.45) is 2.30. The molecular weight excluding hydrogens is 482 g/mol. The van der Waals surface area contributed by atoms with Crippen molar-refractivity contribution in [1.29, 1.82) is 0 Å². The fourth-order valence-corrected chi connectivity index (χ4v) is 4.51. The molecule has 1 aromatic heterocycles. The normalized spacial score (nSPS) is 14.5. The van der Waals surface area contributed by atoms with Gasteiger partial charge in [0.1, 0.15) is 18.1 Å². The number of anilines is 1. The Balaban J connectivity index is 1.47. The second kappa shape index (κ2) is 10.2. The van der Waals surface area contributed by atoms with Crippen LogP contribution in [0.4, 0.5) is 16.2 Å². The number of nitrogens with zero attached hydrogens (tertiary/aromatic N) is 2. The van der Waals surface area contributed by atoms with Gasteiger partial charge in [0.25, 0.3) is 16.8 Å². The number of furan rings is 1. The molecule has 2 aromatic carbocycles. The minimum Gasteiger partial charge on any atom is -0.457 e. The third-order valence-corrected chi connectivity index (χ3v) is 6.75. The molecule has 0 radical (unpaired) electrons. The summed E-state index contributed by atoms with van der Waals surface area (Å²) in [5.41, 5.74) is 3.55. The molecule has 1 aliphatic heterocycles. The number of rotatable bonds is 7. The molecule has 1 saturated heterocycles. The predicted molar refractivity (Wildman–Crippen MR) is 137 cm³/mol. The zero-order valence-corrected chi connectivity index (χ0v) is 20.7. The van der Waals surface area contributed by atoms with E-state index in [2.05, 4.69) is 5.32 Å². The van der Waals surface area contributed by atoms with E-state index in [9.17, 15) is 24.5 Å². The number of thioether (sulfide) groups is 1. The molecule has 0 bridgehead atoms. The summed E-state index contributed by atoms with van der Waals surface area (Å²) in [6, 6.07) is 13.8. The van der Waals surface area contributed by atoms with Crippen molar-refractivity contribution < 1.29 is 23.7 Å². The number of hydrogen-bond acceptors (Lipinski definition) is 7. The van der Waals surface area contributed by atoms with Crippen molar-refractivity contribution in [1.82, 2.24) is 4.90 Å². The minimum atomic E-state index is -0.596. The van der Waals surface area contributed by atoms with E-state index in [4.69, 9.17) is 4.42 Å². The highest BCUT2D eigenvalue weighted by Crippen LogP contribution is 2.34. The molecule has 0 saturated carbocycles. The first kappa shape index (κ1) is 24.9. The number of imide groups is 1. The van der Waals surface area contributed by atoms with E-state index >= 15 is 0 Å². The summed E-state index contributed by atoms with van der Waals surface area (Å²) in [5, 5.41) is 13.5. The van der Waals surface area contributed by atoms with Crippen molar-refractivity contribution in [2.24, 2.45) is 0 Å². The monoisotopic (exact) mass is 505 g/mol. The first-order chi connectivity index (χ1) is 17.2. The van der Waals surface area contributed by atoms with Crippen molar-refractivity contribution in [3.63, 3.8) is 0 Å². The molecule has 4 rings (SSSR count). The molecule has 10 heteroatoms. The number of amides is 3. The average Bonchev–Trinajstić information content (AvgIpc) is 3.41. The van der Waals surface area contributed by atoms with Crippen LogP contribution in [-0.2, 0) is 16.0 Å². The van der Waals surface area contributed by atoms with Crippen LogP contribution in [0.3, 0.4) is 0 Å². The Morgan fingerprint density at radius 1 is 1.14 bits per heavy atom. The average molecular weight is 506 g/mol. The largest absolute Gasteiger partial charge is 0.457 e. The molecule has 0 spiro atoms. The fraction of sp³-hybridized carbons (Fsp3) is 0.192. The molecule has 1 N–H and O–H groups in total. The summed E-state index contributed by atoms with van der Waals surface area (Å²) in [4.78, 5) is 49.5. The van der Waals surface area contributed by atoms with E-state index in [0.717, 1.165) is 22.4 Å². The quantitative estimate of drug-likeness (QED) is 0.248. The second-order valence-electron chi connectivity index (χ2n) is 8.26. The fourth-order valence-electron chi connectivity index (χ4n) is 3.69. The Hall–Kier alpha value is -4.18. The Bertz CT molecular complexity index is 1410. The van der Waals surface area contributed by atoms with Crippen LogP contribution < -0.4 is 5.32 Å². The first-order valence-corrected chi connectivity index (χ1v) is 12.0. The molecule has 3 amide bonds. The maximum absolute atomic E-state index is 12.8. The summed E-state index contributed by atoms with van der Waals surface area (Å²) < 4.78 is 5.79. The third kappa shape index (κ3) is 5.23. The Kier molecular flexibility index (Phi) is 7.07. The maximum atomic E-state index is 12.8. The molecule has 9 nitrogen and oxygen atoms in total. The van der Waals surface area contributed by atoms with Gasteiger partial charge in [-0.1, -0.05) is 19.1 Å². The van der Waals surface area contributed by atoms with Crippen molar-refractivity contribution in [2.75, 3.05) is 11.9 Å². The topological polar surface area (TPSA) is 123 Å². The van der Waals surface area contributed by atoms with Crippen molar-refractivity contribution >= 4 is 46.3 Å². The van der Waals surface area contributed by atoms with E-state index < -0.39 is 28.5 Å². The molecular formula is C26H23N3O6S. The lowest BCUT2D eigenvalue weighted by Crippen LogP contribution is -2.36. The van der Waals surface area contributed by atoms with Gasteiger partial charge >= 0.3 is 0 Å². The van der Waals surface area contributed by atoms with E-state index in [1.165, 1.54) is 12.1 Å². The number of nitro groups is 1. The highest BCUT2D eigenvalue weighted by molar-refractivity contribution is 8.18. The van der Waals surface area contributed by atoms with E-state index in [1.54, 1.807) is 44.2 Å². The lowest BCUT2D eigenvalue weighted by molar-refractivity contribution is -0.385. The maximum Gasteiger partial charge on any atom is 0.294 e. The van der Waals surface area contributed by atoms with Gasteiger partial charge in [0.15, 0.2) is 0 Å². The number of carbonyl (C=O) groups excluding carboxylic acids is 3. The van der Waals surface area contributed by atoms with Gasteiger partial charge in [-0.3, -0.25) is 29.4 Å². The molecule has 36 heavy (non-hydrogen) atoms. The zero-order valence-electron chi connectivity index (χ0n) is 19.9. The summed E-state index contributed by atoms with van der Waals surface area (Å²) in [7, 11) is 0. The molecule has 0 aliphatic carbocycles. The number of nitro benzene ring substituents is 1. The second-order valence-corrected chi connectivity index (χ2v) is 9.26. The van der Waals surface area contributed by atoms with Gasteiger partial charge in [0.05, 0.1) is 9.83 Å². The number of hydrogen-bond donors (Lipinski definition) is 1. The number of aryl methyl sites for hydroxylation is 2. The van der Waals surface area contributed by atoms with Crippen LogP contribution in [0.2, 0.25) is 0 Å². The Morgan fingerprint density at radius 3 is 2.53 bits per heavy atom. The van der Waals surface area contributed by atoms with Gasteiger partial charge in [-0.25, -0.2) is 0 Å². The van der Waals surface area contributed by atoms with E-state index in [1.807, 2.05) is 19.1 Å². The number of nitrogens with one attached hydrogen (secondary N) is 1. The SMILES string of the molecule is CCc1ccc(NC(=O)CN2C(=O)S/C(=C/c3ccc(-c4cc(C)c(C)c([N+](=O)[O-])c4)o3)C2=O)cc1. The highest BCUT2D eigenvalue weighted by Gasteiger charge is 2.36. The van der Waals surface area contributed by atoms with Crippen molar-refractivity contribution in [2.45, 2.75) is 27.2 Å². The van der Waals surface area contributed by atoms with Crippen LogP contribution in [0.25, 0.3) is 17.4 Å². The lowest BCUT2D eigenvalue weighted by Gasteiger charge is -2.12. The summed E-state index contributed by atoms with van der Waals surface area (Å²) in [5.74, 6) is -0.391. The van der Waals surface area contributed by atoms with Gasteiger partial charge in [-0.05, 0) is 73.5 Å². The van der Waals surface area contributed by atoms with Gasteiger partial charge in [0.2, 0.25) is 5.91 Å². The summed E-state index contributed by atoms with van der Waals surface area (Å²) >= 11 is 0.715. The Morgan fingerprint density at radius 2 is 1.86 bits per heavy atom. The van der Waals surface area contributed by atoms with E-state index in [-0.39, 0.29) is 10.6 Å². The molecule has 1 fully saturated rings.